The molecule has 0 saturated carbocycles. The number of nitrogens with two attached hydrogens (primary N) is 1. The van der Waals surface area contributed by atoms with Crippen LogP contribution >= 0.6 is 15.9 Å². The van der Waals surface area contributed by atoms with Gasteiger partial charge in [0.25, 0.3) is 0 Å². The summed E-state index contributed by atoms with van der Waals surface area (Å²) in [5.74, 6) is -4.06. The number of piperazine rings is 1. The number of aliphatic imine (C=N–C) groups is 1. The quantitative estimate of drug-likeness (QED) is 0.465. The lowest BCUT2D eigenvalue weighted by atomic mass is 10.2. The summed E-state index contributed by atoms with van der Waals surface area (Å²) in [4.78, 5) is 7.90. The van der Waals surface area contributed by atoms with Crippen LogP contribution in [0.15, 0.2) is 45.9 Å². The molecule has 0 atom stereocenters. The van der Waals surface area contributed by atoms with E-state index in [2.05, 4.69) is 25.8 Å². The van der Waals surface area contributed by atoms with E-state index in [1.165, 1.54) is 0 Å². The van der Waals surface area contributed by atoms with E-state index < -0.39 is 17.5 Å². The summed E-state index contributed by atoms with van der Waals surface area (Å²) in [7, 11) is 0. The Morgan fingerprint density at radius 3 is 2.32 bits per heavy atom. The van der Waals surface area contributed by atoms with Crippen molar-refractivity contribution in [3.8, 4) is 0 Å². The van der Waals surface area contributed by atoms with Crippen LogP contribution in [0.4, 0.5) is 24.5 Å². The van der Waals surface area contributed by atoms with Crippen LogP contribution in [-0.4, -0.2) is 37.0 Å². The minimum Gasteiger partial charge on any atom is -0.369 e. The van der Waals surface area contributed by atoms with Gasteiger partial charge in [-0.05, 0) is 40.2 Å². The van der Waals surface area contributed by atoms with Crippen LogP contribution in [0.1, 0.15) is 0 Å². The van der Waals surface area contributed by atoms with Gasteiger partial charge >= 0.3 is 0 Å². The number of guanidine groups is 1. The molecule has 1 aliphatic rings. The molecule has 0 amide bonds. The Bertz CT molecular complexity index is 804. The second kappa shape index (κ2) is 7.35. The first-order valence-corrected chi connectivity index (χ1v) is 8.48. The minimum atomic E-state index is -1.55. The zero-order chi connectivity index (χ0) is 18.0. The van der Waals surface area contributed by atoms with Crippen molar-refractivity contribution in [2.45, 2.75) is 0 Å². The molecule has 1 heterocycles. The number of hydrogen-bond donors (Lipinski definition) is 1. The molecule has 3 rings (SSSR count). The molecule has 132 valence electrons. The third-order valence-electron chi connectivity index (χ3n) is 4.05. The number of nitrogens with zero attached hydrogens (tertiary/aromatic N) is 3. The van der Waals surface area contributed by atoms with E-state index in [4.69, 9.17) is 5.73 Å². The highest BCUT2D eigenvalue weighted by atomic mass is 79.9. The topological polar surface area (TPSA) is 44.9 Å². The molecule has 1 saturated heterocycles. The zero-order valence-corrected chi connectivity index (χ0v) is 14.8. The van der Waals surface area contributed by atoms with Gasteiger partial charge in [-0.2, -0.15) is 0 Å². The van der Waals surface area contributed by atoms with Crippen LogP contribution < -0.4 is 10.6 Å². The van der Waals surface area contributed by atoms with Gasteiger partial charge in [0.1, 0.15) is 5.69 Å². The molecule has 0 aliphatic carbocycles. The second-order valence-electron chi connectivity index (χ2n) is 5.59. The lowest BCUT2D eigenvalue weighted by Gasteiger charge is -2.37. The number of halogens is 4. The Morgan fingerprint density at radius 1 is 0.960 bits per heavy atom. The first kappa shape index (κ1) is 17.6. The molecule has 4 nitrogen and oxygen atoms in total. The molecule has 1 aliphatic heterocycles. The monoisotopic (exact) mass is 412 g/mol. The maximum Gasteiger partial charge on any atom is 0.196 e. The molecule has 2 aromatic carbocycles. The number of anilines is 1. The summed E-state index contributed by atoms with van der Waals surface area (Å²) in [6.45, 7) is 2.59. The summed E-state index contributed by atoms with van der Waals surface area (Å²) >= 11 is 3.53. The number of rotatable bonds is 2. The first-order valence-electron chi connectivity index (χ1n) is 7.69. The van der Waals surface area contributed by atoms with Crippen LogP contribution in [0.5, 0.6) is 0 Å². The van der Waals surface area contributed by atoms with Gasteiger partial charge in [0, 0.05) is 30.7 Å². The van der Waals surface area contributed by atoms with Crippen molar-refractivity contribution in [1.29, 1.82) is 0 Å². The van der Waals surface area contributed by atoms with E-state index in [1.54, 1.807) is 4.90 Å². The van der Waals surface area contributed by atoms with Crippen molar-refractivity contribution < 1.29 is 13.2 Å². The summed E-state index contributed by atoms with van der Waals surface area (Å²) < 4.78 is 41.0. The van der Waals surface area contributed by atoms with Crippen molar-refractivity contribution in [1.82, 2.24) is 4.90 Å². The van der Waals surface area contributed by atoms with Gasteiger partial charge in [-0.3, -0.25) is 0 Å². The number of benzene rings is 2. The second-order valence-corrected chi connectivity index (χ2v) is 6.44. The number of hydrogen-bond acceptors (Lipinski definition) is 2. The third kappa shape index (κ3) is 3.73. The molecule has 2 N–H and O–H groups in total. The van der Waals surface area contributed by atoms with Crippen LogP contribution in [0.2, 0.25) is 0 Å². The molecule has 0 aromatic heterocycles. The average Bonchev–Trinajstić information content (AvgIpc) is 2.63. The Kier molecular flexibility index (Phi) is 5.17. The minimum absolute atomic E-state index is 0.0803. The van der Waals surface area contributed by atoms with E-state index in [0.29, 0.717) is 26.2 Å². The number of para-hydroxylation sites is 1. The van der Waals surface area contributed by atoms with Gasteiger partial charge in [0.2, 0.25) is 0 Å². The fourth-order valence-corrected chi connectivity index (χ4v) is 3.22. The molecule has 0 bridgehead atoms. The van der Waals surface area contributed by atoms with Crippen LogP contribution in [0, 0.1) is 17.5 Å². The van der Waals surface area contributed by atoms with E-state index in [-0.39, 0.29) is 11.6 Å². The predicted molar refractivity (Wildman–Crippen MR) is 95.5 cm³/mol. The Labute approximate surface area is 151 Å². The lowest BCUT2D eigenvalue weighted by molar-refractivity contribution is 0.381. The smallest absolute Gasteiger partial charge is 0.196 e. The van der Waals surface area contributed by atoms with Gasteiger partial charge in [0.15, 0.2) is 23.4 Å². The van der Waals surface area contributed by atoms with Gasteiger partial charge in [-0.15, -0.1) is 0 Å². The maximum atomic E-state index is 13.7. The van der Waals surface area contributed by atoms with E-state index >= 15 is 0 Å². The van der Waals surface area contributed by atoms with Gasteiger partial charge in [-0.25, -0.2) is 18.2 Å². The third-order valence-corrected chi connectivity index (χ3v) is 4.72. The average molecular weight is 413 g/mol. The summed E-state index contributed by atoms with van der Waals surface area (Å²) in [6, 6.07) is 9.81. The lowest BCUT2D eigenvalue weighted by Crippen LogP contribution is -2.51. The van der Waals surface area contributed by atoms with Gasteiger partial charge in [-0.1, -0.05) is 12.1 Å². The van der Waals surface area contributed by atoms with Gasteiger partial charge in [0.05, 0.1) is 5.69 Å². The Balaban J connectivity index is 1.70. The first-order chi connectivity index (χ1) is 12.0. The molecule has 25 heavy (non-hydrogen) atoms. The molecule has 1 fully saturated rings. The Hall–Kier alpha value is -2.22. The molecule has 0 spiro atoms. The summed E-state index contributed by atoms with van der Waals surface area (Å²) in [5, 5.41) is 0. The van der Waals surface area contributed by atoms with E-state index in [9.17, 15) is 13.2 Å². The predicted octanol–water partition coefficient (Wildman–Crippen LogP) is 3.63. The van der Waals surface area contributed by atoms with E-state index in [0.717, 1.165) is 22.3 Å². The van der Waals surface area contributed by atoms with Crippen LogP contribution in [0.3, 0.4) is 0 Å². The highest BCUT2D eigenvalue weighted by molar-refractivity contribution is 9.10. The molecular weight excluding hydrogens is 397 g/mol. The molecule has 8 heteroatoms. The summed E-state index contributed by atoms with van der Waals surface area (Å²) in [6.07, 6.45) is 0. The van der Waals surface area contributed by atoms with Crippen molar-refractivity contribution in [3.05, 3.63) is 58.3 Å². The fraction of sp³-hybridized carbons (Fsp3) is 0.235. The zero-order valence-electron chi connectivity index (χ0n) is 13.2. The highest BCUT2D eigenvalue weighted by Gasteiger charge is 2.21. The van der Waals surface area contributed by atoms with Crippen molar-refractivity contribution in [3.63, 3.8) is 0 Å². The van der Waals surface area contributed by atoms with Crippen LogP contribution in [0.25, 0.3) is 0 Å². The van der Waals surface area contributed by atoms with Crippen LogP contribution in [-0.2, 0) is 0 Å². The normalized spacial score (nSPS) is 15.6. The largest absolute Gasteiger partial charge is 0.369 e. The van der Waals surface area contributed by atoms with Crippen molar-refractivity contribution in [2.24, 2.45) is 10.7 Å². The molecule has 2 aromatic rings. The van der Waals surface area contributed by atoms with E-state index in [1.807, 2.05) is 24.3 Å². The standard InChI is InChI=1S/C17H16BrF3N4/c18-11-3-1-2-4-14(11)24-7-9-25(10-8-24)17(22)23-13-6-5-12(19)15(20)16(13)21/h1-6H,7-10H2,(H2,22,23). The molecule has 0 unspecified atom stereocenters. The van der Waals surface area contributed by atoms with Crippen molar-refractivity contribution in [2.75, 3.05) is 31.1 Å². The fourth-order valence-electron chi connectivity index (χ4n) is 2.68. The Morgan fingerprint density at radius 2 is 1.64 bits per heavy atom. The van der Waals surface area contributed by atoms with Crippen molar-refractivity contribution >= 4 is 33.3 Å². The highest BCUT2D eigenvalue weighted by Crippen LogP contribution is 2.27. The molecular formula is C17H16BrF3N4. The SMILES string of the molecule is NC(=Nc1ccc(F)c(F)c1F)N1CCN(c2ccccc2Br)CC1. The van der Waals surface area contributed by atoms with Gasteiger partial charge < -0.3 is 15.5 Å². The maximum absolute atomic E-state index is 13.7. The summed E-state index contributed by atoms with van der Waals surface area (Å²) in [5.41, 5.74) is 6.69. The molecule has 0 radical (unpaired) electrons.